The highest BCUT2D eigenvalue weighted by molar-refractivity contribution is 5.60. The van der Waals surface area contributed by atoms with E-state index in [0.717, 1.165) is 18.7 Å². The van der Waals surface area contributed by atoms with E-state index in [1.54, 1.807) is 0 Å². The van der Waals surface area contributed by atoms with E-state index in [1.165, 1.54) is 6.20 Å². The zero-order valence-electron chi connectivity index (χ0n) is 11.8. The van der Waals surface area contributed by atoms with Crippen molar-refractivity contribution in [2.75, 3.05) is 23.3 Å². The maximum Gasteiger partial charge on any atom is 0.224 e. The van der Waals surface area contributed by atoms with Crippen LogP contribution >= 0.6 is 0 Å². The lowest BCUT2D eigenvalue weighted by Crippen LogP contribution is -2.20. The smallest absolute Gasteiger partial charge is 0.224 e. The zero-order valence-corrected chi connectivity index (χ0v) is 11.8. The molecule has 1 aromatic carbocycles. The van der Waals surface area contributed by atoms with E-state index in [1.807, 2.05) is 42.2 Å². The van der Waals surface area contributed by atoms with Crippen LogP contribution in [0.1, 0.15) is 20.3 Å². The average Bonchev–Trinajstić information content (AvgIpc) is 2.49. The Balaban J connectivity index is 2.33. The molecule has 1 heterocycles. The second kappa shape index (κ2) is 6.84. The van der Waals surface area contributed by atoms with Gasteiger partial charge in [0.15, 0.2) is 11.6 Å². The number of para-hydroxylation sites is 1. The van der Waals surface area contributed by atoms with E-state index < -0.39 is 5.82 Å². The summed E-state index contributed by atoms with van der Waals surface area (Å²) in [6, 6.07) is 9.65. The van der Waals surface area contributed by atoms with Gasteiger partial charge < -0.3 is 10.2 Å². The van der Waals surface area contributed by atoms with E-state index in [4.69, 9.17) is 0 Å². The Labute approximate surface area is 118 Å². The van der Waals surface area contributed by atoms with Crippen molar-refractivity contribution in [1.29, 1.82) is 0 Å². The number of benzene rings is 1. The van der Waals surface area contributed by atoms with E-state index in [9.17, 15) is 4.39 Å². The molecule has 1 aromatic heterocycles. The van der Waals surface area contributed by atoms with Gasteiger partial charge in [0.1, 0.15) is 0 Å². The normalized spacial score (nSPS) is 10.3. The Morgan fingerprint density at radius 1 is 1.20 bits per heavy atom. The van der Waals surface area contributed by atoms with Crippen LogP contribution in [-0.2, 0) is 0 Å². The molecule has 0 saturated heterocycles. The molecule has 0 amide bonds. The number of hydrogen-bond acceptors (Lipinski definition) is 4. The lowest BCUT2D eigenvalue weighted by molar-refractivity contribution is 0.611. The van der Waals surface area contributed by atoms with Crippen LogP contribution in [-0.4, -0.2) is 23.1 Å². The Morgan fingerprint density at radius 2 is 1.95 bits per heavy atom. The van der Waals surface area contributed by atoms with Crippen LogP contribution in [0, 0.1) is 5.82 Å². The van der Waals surface area contributed by atoms with Crippen LogP contribution in [0.5, 0.6) is 0 Å². The van der Waals surface area contributed by atoms with Gasteiger partial charge in [0.2, 0.25) is 5.95 Å². The first-order chi connectivity index (χ1) is 9.76. The quantitative estimate of drug-likeness (QED) is 0.874. The Hall–Kier alpha value is -2.17. The molecular weight excluding hydrogens is 255 g/mol. The molecule has 4 nitrogen and oxygen atoms in total. The van der Waals surface area contributed by atoms with Gasteiger partial charge in [0.25, 0.3) is 0 Å². The summed E-state index contributed by atoms with van der Waals surface area (Å²) in [4.78, 5) is 10.1. The summed E-state index contributed by atoms with van der Waals surface area (Å²) >= 11 is 0. The molecule has 0 aliphatic rings. The molecule has 0 radical (unpaired) electrons. The van der Waals surface area contributed by atoms with Gasteiger partial charge in [0, 0.05) is 18.8 Å². The minimum Gasteiger partial charge on any atom is -0.354 e. The fourth-order valence-electron chi connectivity index (χ4n) is 1.93. The second-order valence-electron chi connectivity index (χ2n) is 4.37. The third kappa shape index (κ3) is 3.23. The van der Waals surface area contributed by atoms with Crippen molar-refractivity contribution in [2.24, 2.45) is 0 Å². The van der Waals surface area contributed by atoms with Gasteiger partial charge in [-0.15, -0.1) is 0 Å². The summed E-state index contributed by atoms with van der Waals surface area (Å²) in [6.45, 7) is 5.42. The fourth-order valence-corrected chi connectivity index (χ4v) is 1.93. The van der Waals surface area contributed by atoms with Gasteiger partial charge in [-0.3, -0.25) is 0 Å². The fraction of sp³-hybridized carbons (Fsp3) is 0.333. The zero-order chi connectivity index (χ0) is 14.4. The van der Waals surface area contributed by atoms with Crippen LogP contribution in [0.15, 0.2) is 36.5 Å². The molecule has 0 aliphatic carbocycles. The number of nitrogens with zero attached hydrogens (tertiary/aromatic N) is 3. The molecule has 106 valence electrons. The summed E-state index contributed by atoms with van der Waals surface area (Å²) < 4.78 is 14.0. The van der Waals surface area contributed by atoms with Crippen LogP contribution < -0.4 is 10.2 Å². The van der Waals surface area contributed by atoms with Crippen molar-refractivity contribution in [3.63, 3.8) is 0 Å². The maximum atomic E-state index is 14.0. The summed E-state index contributed by atoms with van der Waals surface area (Å²) in [7, 11) is 0. The Morgan fingerprint density at radius 3 is 2.60 bits per heavy atom. The molecule has 20 heavy (non-hydrogen) atoms. The Bertz CT molecular complexity index is 545. The van der Waals surface area contributed by atoms with Crippen molar-refractivity contribution >= 4 is 17.5 Å². The summed E-state index contributed by atoms with van der Waals surface area (Å²) in [6.07, 6.45) is 2.18. The van der Waals surface area contributed by atoms with E-state index in [0.29, 0.717) is 18.3 Å². The first-order valence-electron chi connectivity index (χ1n) is 6.85. The summed E-state index contributed by atoms with van der Waals surface area (Å²) in [5.41, 5.74) is 0.911. The molecule has 0 spiro atoms. The van der Waals surface area contributed by atoms with Gasteiger partial charge in [-0.1, -0.05) is 25.1 Å². The van der Waals surface area contributed by atoms with Gasteiger partial charge in [-0.25, -0.2) is 9.37 Å². The standard InChI is InChI=1S/C15H19FN4/c1-3-10-17-15-18-11-13(16)14(19-15)20(4-2)12-8-6-5-7-9-12/h5-9,11H,3-4,10H2,1-2H3,(H,17,18,19). The molecule has 5 heteroatoms. The second-order valence-corrected chi connectivity index (χ2v) is 4.37. The SMILES string of the molecule is CCCNc1ncc(F)c(N(CC)c2ccccc2)n1. The van der Waals surface area contributed by atoms with Crippen LogP contribution in [0.3, 0.4) is 0 Å². The molecule has 0 saturated carbocycles. The number of anilines is 3. The minimum atomic E-state index is -0.419. The highest BCUT2D eigenvalue weighted by Crippen LogP contribution is 2.25. The third-order valence-electron chi connectivity index (χ3n) is 2.90. The highest BCUT2D eigenvalue weighted by Gasteiger charge is 2.15. The number of nitrogens with one attached hydrogen (secondary N) is 1. The van der Waals surface area contributed by atoms with Gasteiger partial charge in [-0.2, -0.15) is 4.98 Å². The predicted molar refractivity (Wildman–Crippen MR) is 79.9 cm³/mol. The van der Waals surface area contributed by atoms with E-state index in [2.05, 4.69) is 22.2 Å². The minimum absolute atomic E-state index is 0.298. The largest absolute Gasteiger partial charge is 0.354 e. The first-order valence-corrected chi connectivity index (χ1v) is 6.85. The molecule has 0 aliphatic heterocycles. The maximum absolute atomic E-state index is 14.0. The van der Waals surface area contributed by atoms with Gasteiger partial charge in [-0.05, 0) is 25.5 Å². The molecule has 1 N–H and O–H groups in total. The number of aromatic nitrogens is 2. The molecule has 2 rings (SSSR count). The first kappa shape index (κ1) is 14.2. The topological polar surface area (TPSA) is 41.1 Å². The van der Waals surface area contributed by atoms with Crippen LogP contribution in [0.4, 0.5) is 21.8 Å². The van der Waals surface area contributed by atoms with E-state index >= 15 is 0 Å². The molecule has 2 aromatic rings. The number of rotatable bonds is 6. The molecule has 0 unspecified atom stereocenters. The monoisotopic (exact) mass is 274 g/mol. The summed E-state index contributed by atoms with van der Waals surface area (Å²) in [5.74, 6) is 0.336. The molecule has 0 atom stereocenters. The van der Waals surface area contributed by atoms with Crippen LogP contribution in [0.2, 0.25) is 0 Å². The lowest BCUT2D eigenvalue weighted by atomic mass is 10.3. The van der Waals surface area contributed by atoms with Crippen molar-refractivity contribution in [1.82, 2.24) is 9.97 Å². The molecule has 0 bridgehead atoms. The Kier molecular flexibility index (Phi) is 4.87. The molecular formula is C15H19FN4. The number of halogens is 1. The highest BCUT2D eigenvalue weighted by atomic mass is 19.1. The average molecular weight is 274 g/mol. The van der Waals surface area contributed by atoms with Crippen molar-refractivity contribution in [2.45, 2.75) is 20.3 Å². The van der Waals surface area contributed by atoms with Gasteiger partial charge in [0.05, 0.1) is 6.20 Å². The predicted octanol–water partition coefficient (Wildman–Crippen LogP) is 3.60. The van der Waals surface area contributed by atoms with Crippen molar-refractivity contribution < 1.29 is 4.39 Å². The number of hydrogen-bond donors (Lipinski definition) is 1. The molecule has 0 fully saturated rings. The van der Waals surface area contributed by atoms with Crippen molar-refractivity contribution in [3.8, 4) is 0 Å². The van der Waals surface area contributed by atoms with Gasteiger partial charge >= 0.3 is 0 Å². The lowest BCUT2D eigenvalue weighted by Gasteiger charge is -2.22. The third-order valence-corrected chi connectivity index (χ3v) is 2.90. The van der Waals surface area contributed by atoms with E-state index in [-0.39, 0.29) is 0 Å². The van der Waals surface area contributed by atoms with Crippen LogP contribution in [0.25, 0.3) is 0 Å². The summed E-state index contributed by atoms with van der Waals surface area (Å²) in [5, 5.41) is 3.08. The van der Waals surface area contributed by atoms with Crippen molar-refractivity contribution in [3.05, 3.63) is 42.3 Å².